The van der Waals surface area contributed by atoms with Gasteiger partial charge in [0.15, 0.2) is 4.77 Å². The highest BCUT2D eigenvalue weighted by molar-refractivity contribution is 7.71. The number of hydrogen-bond donors (Lipinski definition) is 1. The number of imidazole rings is 1. The van der Waals surface area contributed by atoms with Gasteiger partial charge in [-0.1, -0.05) is 35.9 Å². The first-order valence-corrected chi connectivity index (χ1v) is 6.79. The fraction of sp³-hybridized carbons (Fsp3) is 0.188. The molecule has 3 heteroatoms. The summed E-state index contributed by atoms with van der Waals surface area (Å²) in [6.07, 6.45) is 0. The molecule has 0 fully saturated rings. The third-order valence-electron chi connectivity index (χ3n) is 3.35. The zero-order valence-electron chi connectivity index (χ0n) is 11.1. The minimum Gasteiger partial charge on any atom is -0.331 e. The van der Waals surface area contributed by atoms with Crippen LogP contribution >= 0.6 is 12.2 Å². The summed E-state index contributed by atoms with van der Waals surface area (Å²) in [6, 6.07) is 14.9. The van der Waals surface area contributed by atoms with E-state index >= 15 is 0 Å². The predicted octanol–water partition coefficient (Wildman–Crippen LogP) is 4.36. The lowest BCUT2D eigenvalue weighted by atomic mass is 10.1. The number of fused-ring (bicyclic) bond motifs is 1. The molecule has 0 atom stereocenters. The first-order chi connectivity index (χ1) is 9.13. The second kappa shape index (κ2) is 4.67. The van der Waals surface area contributed by atoms with E-state index in [4.69, 9.17) is 12.2 Å². The standard InChI is InChI=1S/C16H16N2S/c1-11-4-3-5-13(8-11)10-18-15-7-6-12(2)9-14(15)17-16(18)19/h3-9H,10H2,1-2H3,(H,17,19). The van der Waals surface area contributed by atoms with E-state index in [2.05, 4.69) is 65.9 Å². The van der Waals surface area contributed by atoms with Crippen LogP contribution in [0.15, 0.2) is 42.5 Å². The molecule has 0 aliphatic rings. The Morgan fingerprint density at radius 1 is 1.05 bits per heavy atom. The number of H-pyrrole nitrogens is 1. The van der Waals surface area contributed by atoms with Gasteiger partial charge in [0.2, 0.25) is 0 Å². The molecule has 2 nitrogen and oxygen atoms in total. The Kier molecular flexibility index (Phi) is 2.99. The number of aromatic amines is 1. The fourth-order valence-corrected chi connectivity index (χ4v) is 2.70. The minimum atomic E-state index is 0.780. The van der Waals surface area contributed by atoms with Gasteiger partial charge in [-0.25, -0.2) is 0 Å². The Bertz CT molecular complexity index is 796. The van der Waals surface area contributed by atoms with Crippen LogP contribution in [0.4, 0.5) is 0 Å². The van der Waals surface area contributed by atoms with Crippen molar-refractivity contribution < 1.29 is 0 Å². The van der Waals surface area contributed by atoms with Crippen molar-refractivity contribution in [1.82, 2.24) is 9.55 Å². The van der Waals surface area contributed by atoms with Gasteiger partial charge < -0.3 is 9.55 Å². The predicted molar refractivity (Wildman–Crippen MR) is 82.1 cm³/mol. The van der Waals surface area contributed by atoms with Crippen LogP contribution in [-0.2, 0) is 6.54 Å². The van der Waals surface area contributed by atoms with E-state index in [1.54, 1.807) is 0 Å². The lowest BCUT2D eigenvalue weighted by molar-refractivity contribution is 0.809. The van der Waals surface area contributed by atoms with Crippen LogP contribution in [0.5, 0.6) is 0 Å². The van der Waals surface area contributed by atoms with Gasteiger partial charge in [0.25, 0.3) is 0 Å². The smallest absolute Gasteiger partial charge is 0.178 e. The molecule has 0 saturated heterocycles. The third kappa shape index (κ3) is 2.34. The summed E-state index contributed by atoms with van der Waals surface area (Å²) >= 11 is 5.44. The van der Waals surface area contributed by atoms with Crippen LogP contribution < -0.4 is 0 Å². The van der Waals surface area contributed by atoms with Crippen molar-refractivity contribution in [3.8, 4) is 0 Å². The molecule has 0 amide bonds. The van der Waals surface area contributed by atoms with Crippen LogP contribution in [0.3, 0.4) is 0 Å². The van der Waals surface area contributed by atoms with E-state index in [0.717, 1.165) is 22.3 Å². The highest BCUT2D eigenvalue weighted by atomic mass is 32.1. The molecule has 3 aromatic rings. The average Bonchev–Trinajstić information content (AvgIpc) is 2.65. The molecule has 1 aromatic heterocycles. The number of nitrogens with one attached hydrogen (secondary N) is 1. The highest BCUT2D eigenvalue weighted by Crippen LogP contribution is 2.17. The van der Waals surface area contributed by atoms with Crippen LogP contribution in [0, 0.1) is 18.6 Å². The van der Waals surface area contributed by atoms with Crippen LogP contribution in [0.25, 0.3) is 11.0 Å². The van der Waals surface area contributed by atoms with Crippen molar-refractivity contribution in [2.75, 3.05) is 0 Å². The summed E-state index contributed by atoms with van der Waals surface area (Å²) < 4.78 is 2.93. The molecule has 1 heterocycles. The van der Waals surface area contributed by atoms with Crippen molar-refractivity contribution in [2.24, 2.45) is 0 Å². The van der Waals surface area contributed by atoms with E-state index in [1.807, 2.05) is 0 Å². The molecular weight excluding hydrogens is 252 g/mol. The molecule has 0 radical (unpaired) electrons. The van der Waals surface area contributed by atoms with Gasteiger partial charge in [-0.3, -0.25) is 0 Å². The molecule has 0 saturated carbocycles. The Labute approximate surface area is 117 Å². The Balaban J connectivity index is 2.10. The average molecular weight is 268 g/mol. The number of benzene rings is 2. The fourth-order valence-electron chi connectivity index (χ4n) is 2.43. The zero-order chi connectivity index (χ0) is 13.4. The molecule has 0 spiro atoms. The van der Waals surface area contributed by atoms with Gasteiger partial charge in [0, 0.05) is 0 Å². The molecule has 1 N–H and O–H groups in total. The summed E-state index contributed by atoms with van der Waals surface area (Å²) in [5, 5.41) is 0. The van der Waals surface area contributed by atoms with E-state index in [1.165, 1.54) is 16.7 Å². The Morgan fingerprint density at radius 2 is 1.84 bits per heavy atom. The number of aryl methyl sites for hydroxylation is 2. The van der Waals surface area contributed by atoms with E-state index in [9.17, 15) is 0 Å². The van der Waals surface area contributed by atoms with Crippen molar-refractivity contribution in [3.63, 3.8) is 0 Å². The van der Waals surface area contributed by atoms with Crippen LogP contribution in [0.1, 0.15) is 16.7 Å². The summed E-state index contributed by atoms with van der Waals surface area (Å²) in [4.78, 5) is 3.28. The highest BCUT2D eigenvalue weighted by Gasteiger charge is 2.05. The molecule has 0 unspecified atom stereocenters. The number of hydrogen-bond acceptors (Lipinski definition) is 1. The summed E-state index contributed by atoms with van der Waals surface area (Å²) in [6.45, 7) is 5.01. The van der Waals surface area contributed by atoms with Crippen molar-refractivity contribution in [1.29, 1.82) is 0 Å². The van der Waals surface area contributed by atoms with Crippen molar-refractivity contribution in [2.45, 2.75) is 20.4 Å². The van der Waals surface area contributed by atoms with Crippen LogP contribution in [0.2, 0.25) is 0 Å². The van der Waals surface area contributed by atoms with Gasteiger partial charge in [0.1, 0.15) is 0 Å². The zero-order valence-corrected chi connectivity index (χ0v) is 11.9. The normalized spacial score (nSPS) is 11.1. The Morgan fingerprint density at radius 3 is 2.63 bits per heavy atom. The van der Waals surface area contributed by atoms with Crippen molar-refractivity contribution in [3.05, 3.63) is 63.9 Å². The number of nitrogens with zero attached hydrogens (tertiary/aromatic N) is 1. The molecule has 96 valence electrons. The Hall–Kier alpha value is -1.87. The number of aromatic nitrogens is 2. The maximum Gasteiger partial charge on any atom is 0.178 e. The third-order valence-corrected chi connectivity index (χ3v) is 3.68. The second-order valence-corrected chi connectivity index (χ2v) is 5.41. The van der Waals surface area contributed by atoms with Crippen LogP contribution in [-0.4, -0.2) is 9.55 Å². The topological polar surface area (TPSA) is 20.7 Å². The van der Waals surface area contributed by atoms with Gasteiger partial charge in [0.05, 0.1) is 17.6 Å². The van der Waals surface area contributed by atoms with E-state index in [0.29, 0.717) is 0 Å². The molecular formula is C16H16N2S. The second-order valence-electron chi connectivity index (χ2n) is 5.03. The lowest BCUT2D eigenvalue weighted by Gasteiger charge is -2.06. The molecule has 0 bridgehead atoms. The lowest BCUT2D eigenvalue weighted by Crippen LogP contribution is -1.99. The first kappa shape index (κ1) is 12.2. The molecule has 0 aliphatic heterocycles. The molecule has 2 aromatic carbocycles. The first-order valence-electron chi connectivity index (χ1n) is 6.38. The summed E-state index contributed by atoms with van der Waals surface area (Å²) in [5.74, 6) is 0. The van der Waals surface area contributed by atoms with Gasteiger partial charge >= 0.3 is 0 Å². The van der Waals surface area contributed by atoms with Crippen molar-refractivity contribution >= 4 is 23.3 Å². The number of rotatable bonds is 2. The monoisotopic (exact) mass is 268 g/mol. The summed E-state index contributed by atoms with van der Waals surface area (Å²) in [7, 11) is 0. The summed E-state index contributed by atoms with van der Waals surface area (Å²) in [5.41, 5.74) is 6.07. The van der Waals surface area contributed by atoms with Gasteiger partial charge in [-0.2, -0.15) is 0 Å². The minimum absolute atomic E-state index is 0.780. The van der Waals surface area contributed by atoms with Gasteiger partial charge in [-0.15, -0.1) is 0 Å². The molecule has 3 rings (SSSR count). The maximum atomic E-state index is 5.44. The molecule has 19 heavy (non-hydrogen) atoms. The largest absolute Gasteiger partial charge is 0.331 e. The van der Waals surface area contributed by atoms with E-state index < -0.39 is 0 Å². The van der Waals surface area contributed by atoms with Gasteiger partial charge in [-0.05, 0) is 49.3 Å². The maximum absolute atomic E-state index is 5.44. The SMILES string of the molecule is Cc1cccc(Cn2c(=S)[nH]c3cc(C)ccc32)c1. The molecule has 0 aliphatic carbocycles. The quantitative estimate of drug-likeness (QED) is 0.685. The van der Waals surface area contributed by atoms with E-state index in [-0.39, 0.29) is 0 Å².